The van der Waals surface area contributed by atoms with Crippen molar-refractivity contribution in [3.05, 3.63) is 11.3 Å². The number of nitrogens with zero attached hydrogens (tertiary/aromatic N) is 2. The van der Waals surface area contributed by atoms with E-state index in [0.717, 1.165) is 17.1 Å². The first-order chi connectivity index (χ1) is 6.91. The Morgan fingerprint density at radius 3 is 2.50 bits per heavy atom. The first-order valence-corrected chi connectivity index (χ1v) is 4.97. The molecule has 92 valence electrons. The molecular weight excluding hydrogens is 228 g/mol. The fraction of sp³-hybridized carbons (Fsp3) is 0.600. The molecule has 0 aliphatic carbocycles. The van der Waals surface area contributed by atoms with Gasteiger partial charge in [-0.3, -0.25) is 9.48 Å². The van der Waals surface area contributed by atoms with Crippen LogP contribution < -0.4 is 11.1 Å². The van der Waals surface area contributed by atoms with E-state index in [1.54, 1.807) is 11.6 Å². The zero-order valence-corrected chi connectivity index (χ0v) is 10.9. The quantitative estimate of drug-likeness (QED) is 0.840. The molecule has 0 saturated carbocycles. The molecule has 1 aromatic heterocycles. The van der Waals surface area contributed by atoms with Gasteiger partial charge in [0.25, 0.3) is 0 Å². The van der Waals surface area contributed by atoms with Crippen molar-refractivity contribution in [2.45, 2.75) is 33.2 Å². The lowest BCUT2D eigenvalue weighted by atomic mass is 10.2. The molecule has 3 N–H and O–H groups in total. The maximum Gasteiger partial charge on any atom is 0.227 e. The van der Waals surface area contributed by atoms with E-state index in [4.69, 9.17) is 5.73 Å². The minimum atomic E-state index is -0.125. The Bertz CT molecular complexity index is 373. The molecule has 0 fully saturated rings. The molecule has 1 aromatic rings. The summed E-state index contributed by atoms with van der Waals surface area (Å²) >= 11 is 0. The summed E-state index contributed by atoms with van der Waals surface area (Å²) in [5.41, 5.74) is 7.47. The number of hydrogen-bond acceptors (Lipinski definition) is 3. The summed E-state index contributed by atoms with van der Waals surface area (Å²) in [6.45, 7) is 5.65. The van der Waals surface area contributed by atoms with Crippen molar-refractivity contribution in [2.75, 3.05) is 5.32 Å². The number of aryl methyl sites for hydroxylation is 2. The fourth-order valence-corrected chi connectivity index (χ4v) is 1.41. The van der Waals surface area contributed by atoms with Crippen LogP contribution in [0.3, 0.4) is 0 Å². The highest BCUT2D eigenvalue weighted by atomic mass is 35.5. The monoisotopic (exact) mass is 246 g/mol. The van der Waals surface area contributed by atoms with Crippen LogP contribution in [0.25, 0.3) is 0 Å². The molecule has 1 unspecified atom stereocenters. The van der Waals surface area contributed by atoms with Crippen molar-refractivity contribution >= 4 is 24.1 Å². The highest BCUT2D eigenvalue weighted by molar-refractivity contribution is 5.91. The second-order valence-corrected chi connectivity index (χ2v) is 3.91. The number of amides is 1. The van der Waals surface area contributed by atoms with Gasteiger partial charge in [0, 0.05) is 25.1 Å². The lowest BCUT2D eigenvalue weighted by molar-refractivity contribution is -0.116. The zero-order chi connectivity index (χ0) is 11.6. The maximum atomic E-state index is 11.5. The van der Waals surface area contributed by atoms with Gasteiger partial charge in [-0.1, -0.05) is 0 Å². The third-order valence-electron chi connectivity index (χ3n) is 2.29. The van der Waals surface area contributed by atoms with E-state index in [9.17, 15) is 4.79 Å². The maximum absolute atomic E-state index is 11.5. The fourth-order valence-electron chi connectivity index (χ4n) is 1.41. The summed E-state index contributed by atoms with van der Waals surface area (Å²) in [7, 11) is 1.81. The Labute approximate surface area is 102 Å². The second-order valence-electron chi connectivity index (χ2n) is 3.91. The van der Waals surface area contributed by atoms with Gasteiger partial charge in [0.2, 0.25) is 5.91 Å². The van der Waals surface area contributed by atoms with Crippen LogP contribution in [-0.4, -0.2) is 21.7 Å². The molecule has 1 amide bonds. The number of halogens is 1. The third-order valence-corrected chi connectivity index (χ3v) is 2.29. The molecule has 0 aromatic carbocycles. The van der Waals surface area contributed by atoms with Gasteiger partial charge in [0.1, 0.15) is 5.82 Å². The first-order valence-electron chi connectivity index (χ1n) is 4.97. The van der Waals surface area contributed by atoms with E-state index in [1.165, 1.54) is 0 Å². The van der Waals surface area contributed by atoms with E-state index < -0.39 is 0 Å². The van der Waals surface area contributed by atoms with Gasteiger partial charge in [-0.2, -0.15) is 5.10 Å². The molecule has 0 radical (unpaired) electrons. The average Bonchev–Trinajstić information content (AvgIpc) is 2.31. The second kappa shape index (κ2) is 5.86. The number of nitrogens with one attached hydrogen (secondary N) is 1. The van der Waals surface area contributed by atoms with Crippen LogP contribution in [0.4, 0.5) is 5.82 Å². The predicted octanol–water partition coefficient (Wildman–Crippen LogP) is 1.13. The van der Waals surface area contributed by atoms with Gasteiger partial charge in [-0.15, -0.1) is 12.4 Å². The van der Waals surface area contributed by atoms with E-state index in [-0.39, 0.29) is 24.4 Å². The Kier molecular flexibility index (Phi) is 5.47. The number of carbonyl (C=O) groups is 1. The SMILES string of the molecule is Cc1nn(C)c(NC(=O)CC(C)N)c1C.Cl. The molecule has 0 aliphatic heterocycles. The predicted molar refractivity (Wildman–Crippen MR) is 66.8 cm³/mol. The van der Waals surface area contributed by atoms with Crippen LogP contribution in [-0.2, 0) is 11.8 Å². The molecule has 0 saturated heterocycles. The number of nitrogens with two attached hydrogens (primary N) is 1. The summed E-state index contributed by atoms with van der Waals surface area (Å²) in [6.07, 6.45) is 0.323. The van der Waals surface area contributed by atoms with Crippen LogP contribution >= 0.6 is 12.4 Å². The summed E-state index contributed by atoms with van der Waals surface area (Å²) in [6, 6.07) is -0.125. The van der Waals surface area contributed by atoms with E-state index in [0.29, 0.717) is 6.42 Å². The molecule has 1 heterocycles. The van der Waals surface area contributed by atoms with Crippen molar-refractivity contribution in [3.63, 3.8) is 0 Å². The van der Waals surface area contributed by atoms with Crippen molar-refractivity contribution in [1.82, 2.24) is 9.78 Å². The normalized spacial score (nSPS) is 11.8. The minimum absolute atomic E-state index is 0. The van der Waals surface area contributed by atoms with Crippen LogP contribution in [0.15, 0.2) is 0 Å². The molecule has 1 rings (SSSR count). The van der Waals surface area contributed by atoms with Crippen LogP contribution in [0.2, 0.25) is 0 Å². The van der Waals surface area contributed by atoms with Crippen molar-refractivity contribution < 1.29 is 4.79 Å². The Hall–Kier alpha value is -1.07. The lowest BCUT2D eigenvalue weighted by Crippen LogP contribution is -2.25. The molecule has 0 aliphatic rings. The van der Waals surface area contributed by atoms with Gasteiger partial charge in [-0.25, -0.2) is 0 Å². The number of anilines is 1. The number of carbonyl (C=O) groups excluding carboxylic acids is 1. The molecule has 16 heavy (non-hydrogen) atoms. The van der Waals surface area contributed by atoms with Gasteiger partial charge >= 0.3 is 0 Å². The summed E-state index contributed by atoms with van der Waals surface area (Å²) in [5, 5.41) is 7.03. The molecule has 6 heteroatoms. The summed E-state index contributed by atoms with van der Waals surface area (Å²) in [4.78, 5) is 11.5. The number of aromatic nitrogens is 2. The summed E-state index contributed by atoms with van der Waals surface area (Å²) < 4.78 is 1.67. The van der Waals surface area contributed by atoms with Gasteiger partial charge in [-0.05, 0) is 20.8 Å². The molecule has 5 nitrogen and oxygen atoms in total. The van der Waals surface area contributed by atoms with Crippen molar-refractivity contribution in [2.24, 2.45) is 12.8 Å². The average molecular weight is 247 g/mol. The van der Waals surface area contributed by atoms with E-state index in [1.807, 2.05) is 20.9 Å². The summed E-state index contributed by atoms with van der Waals surface area (Å²) in [5.74, 6) is 0.675. The van der Waals surface area contributed by atoms with Crippen molar-refractivity contribution in [3.8, 4) is 0 Å². The number of hydrogen-bond donors (Lipinski definition) is 2. The topological polar surface area (TPSA) is 72.9 Å². The molecular formula is C10H19ClN4O. The Morgan fingerprint density at radius 2 is 2.12 bits per heavy atom. The largest absolute Gasteiger partial charge is 0.327 e. The van der Waals surface area contributed by atoms with Gasteiger partial charge < -0.3 is 11.1 Å². The lowest BCUT2D eigenvalue weighted by Gasteiger charge is -2.08. The third kappa shape index (κ3) is 3.50. The highest BCUT2D eigenvalue weighted by Crippen LogP contribution is 2.16. The number of rotatable bonds is 3. The van der Waals surface area contributed by atoms with E-state index in [2.05, 4.69) is 10.4 Å². The minimum Gasteiger partial charge on any atom is -0.327 e. The Morgan fingerprint density at radius 1 is 1.56 bits per heavy atom. The molecule has 0 bridgehead atoms. The highest BCUT2D eigenvalue weighted by Gasteiger charge is 2.12. The van der Waals surface area contributed by atoms with Gasteiger partial charge in [0.05, 0.1) is 5.69 Å². The van der Waals surface area contributed by atoms with E-state index >= 15 is 0 Å². The van der Waals surface area contributed by atoms with Gasteiger partial charge in [0.15, 0.2) is 0 Å². The standard InChI is InChI=1S/C10H18N4O.ClH/c1-6(11)5-9(15)12-10-7(2)8(3)13-14(10)4;/h6H,5,11H2,1-4H3,(H,12,15);1H. The van der Waals surface area contributed by atoms with Crippen molar-refractivity contribution in [1.29, 1.82) is 0 Å². The first kappa shape index (κ1) is 14.9. The zero-order valence-electron chi connectivity index (χ0n) is 10.1. The molecule has 1 atom stereocenters. The van der Waals surface area contributed by atoms with Crippen LogP contribution in [0.1, 0.15) is 24.6 Å². The Balaban J connectivity index is 0.00000225. The van der Waals surface area contributed by atoms with Crippen LogP contribution in [0.5, 0.6) is 0 Å². The molecule has 0 spiro atoms. The van der Waals surface area contributed by atoms with Crippen LogP contribution in [0, 0.1) is 13.8 Å². The smallest absolute Gasteiger partial charge is 0.227 e.